The molecule has 4 nitrogen and oxygen atoms in total. The summed E-state index contributed by atoms with van der Waals surface area (Å²) in [6.07, 6.45) is 0. The van der Waals surface area contributed by atoms with Crippen LogP contribution in [0.2, 0.25) is 0 Å². The van der Waals surface area contributed by atoms with Crippen molar-refractivity contribution in [3.05, 3.63) is 62.4 Å². The number of hydrogen-bond acceptors (Lipinski definition) is 4. The lowest BCUT2D eigenvalue weighted by atomic mass is 10.2. The predicted octanol–water partition coefficient (Wildman–Crippen LogP) is 4.37. The molecule has 2 N–H and O–H groups in total. The van der Waals surface area contributed by atoms with Crippen molar-refractivity contribution in [2.45, 2.75) is 10.6 Å². The maximum absolute atomic E-state index is 13.3. The molecule has 2 rings (SSSR count). The molecule has 2 aromatic carbocycles. The van der Waals surface area contributed by atoms with Crippen molar-refractivity contribution in [2.24, 2.45) is 0 Å². The van der Waals surface area contributed by atoms with Gasteiger partial charge in [0.15, 0.2) is 0 Å². The van der Waals surface area contributed by atoms with Gasteiger partial charge >= 0.3 is 0 Å². The van der Waals surface area contributed by atoms with E-state index in [0.717, 1.165) is 10.5 Å². The zero-order chi connectivity index (χ0) is 14.7. The third-order valence-electron chi connectivity index (χ3n) is 2.61. The molecular formula is C13H10BrFN2O2S. The average Bonchev–Trinajstić information content (AvgIpc) is 2.41. The van der Waals surface area contributed by atoms with Gasteiger partial charge in [-0.1, -0.05) is 22.0 Å². The largest absolute Gasteiger partial charge is 0.396 e. The summed E-state index contributed by atoms with van der Waals surface area (Å²) in [5, 5.41) is 10.6. The molecule has 0 aromatic heterocycles. The quantitative estimate of drug-likeness (QED) is 0.382. The minimum Gasteiger partial charge on any atom is -0.396 e. The second-order valence-electron chi connectivity index (χ2n) is 4.00. The normalized spacial score (nSPS) is 10.5. The summed E-state index contributed by atoms with van der Waals surface area (Å²) in [5.41, 5.74) is 6.46. The van der Waals surface area contributed by atoms with Crippen LogP contribution in [0.4, 0.5) is 15.8 Å². The number of rotatable bonds is 4. The highest BCUT2D eigenvalue weighted by atomic mass is 79.9. The van der Waals surface area contributed by atoms with E-state index in [9.17, 15) is 14.5 Å². The number of halogens is 2. The zero-order valence-corrected chi connectivity index (χ0v) is 12.6. The molecule has 0 aliphatic heterocycles. The van der Waals surface area contributed by atoms with Crippen molar-refractivity contribution in [3.8, 4) is 0 Å². The topological polar surface area (TPSA) is 69.2 Å². The Hall–Kier alpha value is -1.60. The number of nitrogens with two attached hydrogens (primary N) is 1. The van der Waals surface area contributed by atoms with E-state index in [2.05, 4.69) is 15.9 Å². The maximum Gasteiger partial charge on any atom is 0.270 e. The SMILES string of the molecule is Nc1ccc(SCc2ccc([N+](=O)[O-])cc2Br)cc1F. The van der Waals surface area contributed by atoms with Crippen molar-refractivity contribution in [2.75, 3.05) is 5.73 Å². The first-order valence-corrected chi connectivity index (χ1v) is 7.36. The van der Waals surface area contributed by atoms with Gasteiger partial charge in [0.2, 0.25) is 0 Å². The van der Waals surface area contributed by atoms with Crippen molar-refractivity contribution in [1.29, 1.82) is 0 Å². The van der Waals surface area contributed by atoms with E-state index in [1.807, 2.05) is 0 Å². The van der Waals surface area contributed by atoms with E-state index >= 15 is 0 Å². The number of nitro groups is 1. The Bertz CT molecular complexity index is 667. The van der Waals surface area contributed by atoms with Crippen molar-refractivity contribution in [1.82, 2.24) is 0 Å². The molecule has 2 aromatic rings. The molecule has 7 heteroatoms. The highest BCUT2D eigenvalue weighted by molar-refractivity contribution is 9.10. The average molecular weight is 357 g/mol. The minimum atomic E-state index is -0.447. The van der Waals surface area contributed by atoms with Gasteiger partial charge in [0, 0.05) is 27.3 Å². The fourth-order valence-electron chi connectivity index (χ4n) is 1.53. The second kappa shape index (κ2) is 6.23. The van der Waals surface area contributed by atoms with Crippen LogP contribution in [0.1, 0.15) is 5.56 Å². The van der Waals surface area contributed by atoms with E-state index in [4.69, 9.17) is 5.73 Å². The van der Waals surface area contributed by atoms with Gasteiger partial charge in [-0.2, -0.15) is 0 Å². The summed E-state index contributed by atoms with van der Waals surface area (Å²) in [6, 6.07) is 9.22. The van der Waals surface area contributed by atoms with Crippen LogP contribution in [-0.2, 0) is 5.75 Å². The number of non-ortho nitro benzene ring substituents is 1. The molecule has 0 amide bonds. The molecule has 0 saturated carbocycles. The van der Waals surface area contributed by atoms with Gasteiger partial charge in [-0.25, -0.2) is 4.39 Å². The van der Waals surface area contributed by atoms with Gasteiger partial charge in [0.05, 0.1) is 10.6 Å². The molecule has 0 atom stereocenters. The monoisotopic (exact) mass is 356 g/mol. The number of benzene rings is 2. The van der Waals surface area contributed by atoms with E-state index in [0.29, 0.717) is 10.2 Å². The first-order valence-electron chi connectivity index (χ1n) is 5.58. The Labute approximate surface area is 127 Å². The van der Waals surface area contributed by atoms with Crippen LogP contribution in [0.3, 0.4) is 0 Å². The summed E-state index contributed by atoms with van der Waals surface area (Å²) < 4.78 is 14.0. The Morgan fingerprint density at radius 1 is 1.30 bits per heavy atom. The lowest BCUT2D eigenvalue weighted by molar-refractivity contribution is -0.384. The van der Waals surface area contributed by atoms with Crippen molar-refractivity contribution >= 4 is 39.1 Å². The fourth-order valence-corrected chi connectivity index (χ4v) is 3.14. The third kappa shape index (κ3) is 3.49. The maximum atomic E-state index is 13.3. The van der Waals surface area contributed by atoms with Gasteiger partial charge in [-0.15, -0.1) is 11.8 Å². The van der Waals surface area contributed by atoms with Crippen molar-refractivity contribution in [3.63, 3.8) is 0 Å². The van der Waals surface area contributed by atoms with Gasteiger partial charge in [-0.3, -0.25) is 10.1 Å². The summed E-state index contributed by atoms with van der Waals surface area (Å²) in [4.78, 5) is 10.9. The Kier molecular flexibility index (Phi) is 4.61. The third-order valence-corrected chi connectivity index (χ3v) is 4.39. The van der Waals surface area contributed by atoms with Crippen LogP contribution in [0.15, 0.2) is 45.8 Å². The number of nitrogen functional groups attached to an aromatic ring is 1. The lowest BCUT2D eigenvalue weighted by Crippen LogP contribution is -1.91. The minimum absolute atomic E-state index is 0.0316. The van der Waals surface area contributed by atoms with Gasteiger partial charge < -0.3 is 5.73 Å². The van der Waals surface area contributed by atoms with Gasteiger partial charge in [0.1, 0.15) is 5.82 Å². The van der Waals surface area contributed by atoms with Gasteiger partial charge in [-0.05, 0) is 23.8 Å². The number of nitrogens with zero attached hydrogens (tertiary/aromatic N) is 1. The molecule has 0 unspecified atom stereocenters. The molecule has 0 bridgehead atoms. The number of nitro benzene ring substituents is 1. The van der Waals surface area contributed by atoms with Gasteiger partial charge in [0.25, 0.3) is 5.69 Å². The first kappa shape index (κ1) is 14.8. The summed E-state index contributed by atoms with van der Waals surface area (Å²) in [6.45, 7) is 0. The summed E-state index contributed by atoms with van der Waals surface area (Å²) in [7, 11) is 0. The molecular weight excluding hydrogens is 347 g/mol. The summed E-state index contributed by atoms with van der Waals surface area (Å²) in [5.74, 6) is 0.125. The molecule has 0 aliphatic rings. The first-order chi connectivity index (χ1) is 9.47. The highest BCUT2D eigenvalue weighted by Crippen LogP contribution is 2.30. The highest BCUT2D eigenvalue weighted by Gasteiger charge is 2.09. The summed E-state index contributed by atoms with van der Waals surface area (Å²) >= 11 is 4.73. The molecule has 0 saturated heterocycles. The standard InChI is InChI=1S/C13H10BrFN2O2S/c14-11-5-9(17(18)19)2-1-8(11)7-20-10-3-4-13(16)12(15)6-10/h1-6H,7,16H2. The van der Waals surface area contributed by atoms with E-state index in [-0.39, 0.29) is 11.4 Å². The smallest absolute Gasteiger partial charge is 0.270 e. The van der Waals surface area contributed by atoms with Crippen molar-refractivity contribution < 1.29 is 9.31 Å². The number of hydrogen-bond donors (Lipinski definition) is 1. The Morgan fingerprint density at radius 3 is 2.65 bits per heavy atom. The molecule has 0 spiro atoms. The van der Waals surface area contributed by atoms with Crippen LogP contribution in [0.5, 0.6) is 0 Å². The van der Waals surface area contributed by atoms with Crippen LogP contribution in [0, 0.1) is 15.9 Å². The molecule has 104 valence electrons. The predicted molar refractivity (Wildman–Crippen MR) is 81.2 cm³/mol. The van der Waals surface area contributed by atoms with E-state index in [1.165, 1.54) is 36.0 Å². The Morgan fingerprint density at radius 2 is 2.05 bits per heavy atom. The van der Waals surface area contributed by atoms with E-state index < -0.39 is 10.7 Å². The van der Waals surface area contributed by atoms with E-state index in [1.54, 1.807) is 12.1 Å². The second-order valence-corrected chi connectivity index (χ2v) is 5.91. The number of anilines is 1. The number of thioether (sulfide) groups is 1. The molecule has 0 aliphatic carbocycles. The molecule has 20 heavy (non-hydrogen) atoms. The van der Waals surface area contributed by atoms with Crippen LogP contribution < -0.4 is 5.73 Å². The lowest BCUT2D eigenvalue weighted by Gasteiger charge is -2.05. The molecule has 0 radical (unpaired) electrons. The molecule has 0 fully saturated rings. The zero-order valence-electron chi connectivity index (χ0n) is 10.2. The fraction of sp³-hybridized carbons (Fsp3) is 0.0769. The Balaban J connectivity index is 2.10. The van der Waals surface area contributed by atoms with Crippen LogP contribution in [-0.4, -0.2) is 4.92 Å². The molecule has 0 heterocycles. The van der Waals surface area contributed by atoms with Crippen LogP contribution >= 0.6 is 27.7 Å². The van der Waals surface area contributed by atoms with Crippen LogP contribution in [0.25, 0.3) is 0 Å².